The van der Waals surface area contributed by atoms with E-state index in [0.717, 1.165) is 39.0 Å². The van der Waals surface area contributed by atoms with Gasteiger partial charge < -0.3 is 15.0 Å². The molecule has 1 aromatic heterocycles. The summed E-state index contributed by atoms with van der Waals surface area (Å²) in [7, 11) is 0. The van der Waals surface area contributed by atoms with Crippen LogP contribution >= 0.6 is 24.8 Å². The van der Waals surface area contributed by atoms with Gasteiger partial charge in [0, 0.05) is 19.3 Å². The molecule has 0 saturated carbocycles. The molecule has 0 bridgehead atoms. The Kier molecular flexibility index (Phi) is 8.27. The molecule has 136 valence electrons. The van der Waals surface area contributed by atoms with Gasteiger partial charge in [-0.05, 0) is 63.7 Å². The Morgan fingerprint density at radius 3 is 2.46 bits per heavy atom. The Bertz CT molecular complexity index is 528. The van der Waals surface area contributed by atoms with Gasteiger partial charge in [0.25, 0.3) is 5.91 Å². The normalized spacial score (nSPS) is 22.9. The summed E-state index contributed by atoms with van der Waals surface area (Å²) in [5.41, 5.74) is 0.446. The van der Waals surface area contributed by atoms with E-state index in [4.69, 9.17) is 4.74 Å². The Morgan fingerprint density at radius 2 is 1.88 bits per heavy atom. The number of rotatable bonds is 3. The summed E-state index contributed by atoms with van der Waals surface area (Å²) in [5.74, 6) is 2.03. The highest BCUT2D eigenvalue weighted by Gasteiger charge is 2.32. The molecule has 3 rings (SSSR count). The van der Waals surface area contributed by atoms with E-state index in [2.05, 4.69) is 10.3 Å². The summed E-state index contributed by atoms with van der Waals surface area (Å²) in [4.78, 5) is 19.1. The van der Waals surface area contributed by atoms with Crippen LogP contribution in [-0.4, -0.2) is 48.1 Å². The number of hydrogen-bond acceptors (Lipinski definition) is 4. The van der Waals surface area contributed by atoms with E-state index in [1.807, 2.05) is 30.9 Å². The maximum absolute atomic E-state index is 12.8. The van der Waals surface area contributed by atoms with E-state index in [9.17, 15) is 4.79 Å². The topological polar surface area (TPSA) is 54.5 Å². The van der Waals surface area contributed by atoms with Gasteiger partial charge in [-0.25, -0.2) is 4.98 Å². The highest BCUT2D eigenvalue weighted by atomic mass is 35.5. The minimum atomic E-state index is 0. The van der Waals surface area contributed by atoms with E-state index >= 15 is 0 Å². The lowest BCUT2D eigenvalue weighted by Gasteiger charge is -2.22. The van der Waals surface area contributed by atoms with Crippen LogP contribution in [0.3, 0.4) is 0 Å². The second kappa shape index (κ2) is 9.44. The first-order chi connectivity index (χ1) is 10.6. The molecule has 5 nitrogen and oxygen atoms in total. The molecule has 2 saturated heterocycles. The van der Waals surface area contributed by atoms with Crippen LogP contribution in [0.5, 0.6) is 5.75 Å². The zero-order valence-electron chi connectivity index (χ0n) is 14.2. The number of carbonyl (C=O) groups excluding carboxylic acids is 1. The summed E-state index contributed by atoms with van der Waals surface area (Å²) in [6.07, 6.45) is 3.86. The van der Waals surface area contributed by atoms with Crippen LogP contribution in [0, 0.1) is 11.8 Å². The third kappa shape index (κ3) is 4.74. The van der Waals surface area contributed by atoms with E-state index in [-0.39, 0.29) is 36.8 Å². The third-order valence-electron chi connectivity index (χ3n) is 4.64. The van der Waals surface area contributed by atoms with Gasteiger partial charge in [0.2, 0.25) is 0 Å². The predicted octanol–water partition coefficient (Wildman–Crippen LogP) is 2.78. The molecule has 7 heteroatoms. The Balaban J connectivity index is 0.00000144. The van der Waals surface area contributed by atoms with E-state index in [0.29, 0.717) is 23.3 Å². The molecular formula is C17H27Cl2N3O2. The van der Waals surface area contributed by atoms with Gasteiger partial charge in [-0.15, -0.1) is 24.8 Å². The number of amides is 1. The lowest BCUT2D eigenvalue weighted by atomic mass is 9.92. The number of likely N-dealkylation sites (tertiary alicyclic amines) is 1. The van der Waals surface area contributed by atoms with Crippen molar-refractivity contribution < 1.29 is 9.53 Å². The minimum absolute atomic E-state index is 0. The van der Waals surface area contributed by atoms with Gasteiger partial charge in [0.15, 0.2) is 11.4 Å². The van der Waals surface area contributed by atoms with Crippen molar-refractivity contribution in [3.05, 3.63) is 24.0 Å². The number of fused-ring (bicyclic) bond motifs is 1. The largest absolute Gasteiger partial charge is 0.489 e. The van der Waals surface area contributed by atoms with Crippen molar-refractivity contribution in [1.82, 2.24) is 15.2 Å². The van der Waals surface area contributed by atoms with Crippen molar-refractivity contribution in [3.63, 3.8) is 0 Å². The molecule has 0 aliphatic carbocycles. The molecule has 1 amide bonds. The molecule has 1 aromatic rings. The number of hydrogen-bond donors (Lipinski definition) is 1. The Morgan fingerprint density at radius 1 is 1.25 bits per heavy atom. The monoisotopic (exact) mass is 375 g/mol. The van der Waals surface area contributed by atoms with Gasteiger partial charge in [-0.3, -0.25) is 4.79 Å². The fourth-order valence-electron chi connectivity index (χ4n) is 3.47. The van der Waals surface area contributed by atoms with Gasteiger partial charge in [-0.2, -0.15) is 0 Å². The molecule has 0 radical (unpaired) electrons. The Hall–Kier alpha value is -1.04. The van der Waals surface area contributed by atoms with Crippen LogP contribution in [0.2, 0.25) is 0 Å². The second-order valence-electron chi connectivity index (χ2n) is 6.56. The molecular weight excluding hydrogens is 349 g/mol. The third-order valence-corrected chi connectivity index (χ3v) is 4.64. The number of aromatic nitrogens is 1. The Labute approximate surface area is 156 Å². The SMILES string of the molecule is CC(C)Oc1cccnc1C(=O)N1CC[C@@H]2CNC[C@@H]2CC1.Cl.Cl. The van der Waals surface area contributed by atoms with E-state index in [1.165, 1.54) is 0 Å². The number of nitrogens with zero attached hydrogens (tertiary/aromatic N) is 2. The van der Waals surface area contributed by atoms with Crippen LogP contribution in [0.15, 0.2) is 18.3 Å². The quantitative estimate of drug-likeness (QED) is 0.882. The summed E-state index contributed by atoms with van der Waals surface area (Å²) in [6.45, 7) is 7.75. The highest BCUT2D eigenvalue weighted by Crippen LogP contribution is 2.28. The first-order valence-corrected chi connectivity index (χ1v) is 8.27. The van der Waals surface area contributed by atoms with Crippen LogP contribution in [0.25, 0.3) is 0 Å². The zero-order valence-corrected chi connectivity index (χ0v) is 15.9. The van der Waals surface area contributed by atoms with Gasteiger partial charge in [0.05, 0.1) is 6.10 Å². The maximum Gasteiger partial charge on any atom is 0.276 e. The molecule has 2 fully saturated rings. The average molecular weight is 376 g/mol. The average Bonchev–Trinajstić information content (AvgIpc) is 2.85. The van der Waals surface area contributed by atoms with Crippen LogP contribution in [-0.2, 0) is 0 Å². The van der Waals surface area contributed by atoms with Crippen LogP contribution < -0.4 is 10.1 Å². The summed E-state index contributed by atoms with van der Waals surface area (Å²) in [6, 6.07) is 3.64. The number of pyridine rings is 1. The van der Waals surface area contributed by atoms with Crippen molar-refractivity contribution in [2.75, 3.05) is 26.2 Å². The summed E-state index contributed by atoms with van der Waals surface area (Å²) >= 11 is 0. The molecule has 24 heavy (non-hydrogen) atoms. The van der Waals surface area contributed by atoms with Crippen LogP contribution in [0.1, 0.15) is 37.2 Å². The van der Waals surface area contributed by atoms with Gasteiger partial charge >= 0.3 is 0 Å². The fraction of sp³-hybridized carbons (Fsp3) is 0.647. The second-order valence-corrected chi connectivity index (χ2v) is 6.56. The lowest BCUT2D eigenvalue weighted by molar-refractivity contribution is 0.0745. The number of ether oxygens (including phenoxy) is 1. The van der Waals surface area contributed by atoms with E-state index in [1.54, 1.807) is 6.20 Å². The number of carbonyl (C=O) groups is 1. The van der Waals surface area contributed by atoms with Crippen molar-refractivity contribution in [2.45, 2.75) is 32.8 Å². The van der Waals surface area contributed by atoms with E-state index < -0.39 is 0 Å². The number of nitrogens with one attached hydrogen (secondary N) is 1. The first-order valence-electron chi connectivity index (χ1n) is 8.27. The van der Waals surface area contributed by atoms with Crippen molar-refractivity contribution in [3.8, 4) is 5.75 Å². The van der Waals surface area contributed by atoms with Gasteiger partial charge in [0.1, 0.15) is 0 Å². The molecule has 2 atom stereocenters. The molecule has 2 aliphatic heterocycles. The molecule has 0 aromatic carbocycles. The molecule has 3 heterocycles. The highest BCUT2D eigenvalue weighted by molar-refractivity contribution is 5.95. The zero-order chi connectivity index (χ0) is 15.5. The standard InChI is InChI=1S/C17H25N3O2.2ClH/c1-12(2)22-15-4-3-7-19-16(15)17(21)20-8-5-13-10-18-11-14(13)6-9-20;;/h3-4,7,12-14,18H,5-6,8-11H2,1-2H3;2*1H/t13-,14+;;. The van der Waals surface area contributed by atoms with Gasteiger partial charge in [-0.1, -0.05) is 0 Å². The molecule has 1 N–H and O–H groups in total. The number of halogens is 2. The summed E-state index contributed by atoms with van der Waals surface area (Å²) < 4.78 is 5.74. The smallest absolute Gasteiger partial charge is 0.276 e. The molecule has 0 unspecified atom stereocenters. The van der Waals surface area contributed by atoms with Crippen LogP contribution in [0.4, 0.5) is 0 Å². The maximum atomic E-state index is 12.8. The van der Waals surface area contributed by atoms with Crippen molar-refractivity contribution in [2.24, 2.45) is 11.8 Å². The lowest BCUT2D eigenvalue weighted by Crippen LogP contribution is -2.33. The van der Waals surface area contributed by atoms with Crippen molar-refractivity contribution in [1.29, 1.82) is 0 Å². The molecule has 0 spiro atoms. The minimum Gasteiger partial charge on any atom is -0.489 e. The first kappa shape index (κ1) is 21.0. The summed E-state index contributed by atoms with van der Waals surface area (Å²) in [5, 5.41) is 3.46. The molecule has 2 aliphatic rings. The fourth-order valence-corrected chi connectivity index (χ4v) is 3.47. The van der Waals surface area contributed by atoms with Crippen molar-refractivity contribution >= 4 is 30.7 Å². The predicted molar refractivity (Wildman–Crippen MR) is 99.5 cm³/mol.